The third-order valence-corrected chi connectivity index (χ3v) is 13.9. The molecule has 1 unspecified atom stereocenters. The van der Waals surface area contributed by atoms with Crippen molar-refractivity contribution in [2.75, 3.05) is 6.61 Å². The van der Waals surface area contributed by atoms with E-state index in [0.717, 1.165) is 18.8 Å². The highest BCUT2D eigenvalue weighted by molar-refractivity contribution is 5.69. The van der Waals surface area contributed by atoms with E-state index in [1.807, 2.05) is 0 Å². The van der Waals surface area contributed by atoms with Gasteiger partial charge in [-0.2, -0.15) is 0 Å². The van der Waals surface area contributed by atoms with Gasteiger partial charge < -0.3 is 4.74 Å². The van der Waals surface area contributed by atoms with Gasteiger partial charge in [-0.05, 0) is 44.4 Å². The molecule has 61 heavy (non-hydrogen) atoms. The molecule has 0 aromatic carbocycles. The van der Waals surface area contributed by atoms with Crippen LogP contribution in [0.4, 0.5) is 0 Å². The van der Waals surface area contributed by atoms with Crippen LogP contribution in [0.1, 0.15) is 348 Å². The Morgan fingerprint density at radius 2 is 0.607 bits per heavy atom. The van der Waals surface area contributed by atoms with Crippen molar-refractivity contribution in [3.8, 4) is 0 Å². The van der Waals surface area contributed by atoms with Crippen LogP contribution in [0, 0.1) is 5.92 Å². The summed E-state index contributed by atoms with van der Waals surface area (Å²) < 4.78 is 5.51. The van der Waals surface area contributed by atoms with E-state index in [9.17, 15) is 4.79 Å². The second kappa shape index (κ2) is 55.3. The highest BCUT2D eigenvalue weighted by atomic mass is 16.5. The Balaban J connectivity index is 3.16. The highest BCUT2D eigenvalue weighted by Gasteiger charge is 2.04. The van der Waals surface area contributed by atoms with E-state index in [2.05, 4.69) is 32.9 Å². The topological polar surface area (TPSA) is 26.3 Å². The molecule has 0 bridgehead atoms. The summed E-state index contributed by atoms with van der Waals surface area (Å²) in [6.07, 6.45) is 75.3. The molecule has 0 heterocycles. The summed E-state index contributed by atoms with van der Waals surface area (Å²) in [7, 11) is 0. The maximum absolute atomic E-state index is 12.1. The molecule has 364 valence electrons. The van der Waals surface area contributed by atoms with E-state index >= 15 is 0 Å². The number of rotatable bonds is 54. The normalized spacial score (nSPS) is 12.2. The summed E-state index contributed by atoms with van der Waals surface area (Å²) in [5, 5.41) is 0. The second-order valence-electron chi connectivity index (χ2n) is 20.2. The van der Waals surface area contributed by atoms with E-state index in [0.29, 0.717) is 13.0 Å². The van der Waals surface area contributed by atoms with Crippen molar-refractivity contribution in [3.63, 3.8) is 0 Å². The summed E-state index contributed by atoms with van der Waals surface area (Å²) in [6.45, 7) is 7.66. The van der Waals surface area contributed by atoms with E-state index < -0.39 is 0 Å². The van der Waals surface area contributed by atoms with Crippen molar-refractivity contribution in [1.29, 1.82) is 0 Å². The molecule has 0 fully saturated rings. The fourth-order valence-corrected chi connectivity index (χ4v) is 9.23. The molecule has 0 radical (unpaired) electrons. The van der Waals surface area contributed by atoms with E-state index in [-0.39, 0.29) is 5.97 Å². The number of carbonyl (C=O) groups excluding carboxylic acids is 1. The Labute approximate surface area is 386 Å². The molecule has 0 N–H and O–H groups in total. The Kier molecular flexibility index (Phi) is 54.6. The minimum Gasteiger partial charge on any atom is -0.466 e. The average molecular weight is 858 g/mol. The van der Waals surface area contributed by atoms with Gasteiger partial charge in [0.2, 0.25) is 0 Å². The van der Waals surface area contributed by atoms with Crippen LogP contribution < -0.4 is 0 Å². The van der Waals surface area contributed by atoms with Crippen LogP contribution >= 0.6 is 0 Å². The summed E-state index contributed by atoms with van der Waals surface area (Å²) in [5.74, 6) is 0.971. The predicted molar refractivity (Wildman–Crippen MR) is 276 cm³/mol. The van der Waals surface area contributed by atoms with Crippen molar-refractivity contribution in [2.24, 2.45) is 5.92 Å². The zero-order chi connectivity index (χ0) is 44.0. The van der Waals surface area contributed by atoms with Crippen molar-refractivity contribution >= 4 is 5.97 Å². The van der Waals surface area contributed by atoms with Crippen LogP contribution in [0.3, 0.4) is 0 Å². The second-order valence-corrected chi connectivity index (χ2v) is 20.2. The fourth-order valence-electron chi connectivity index (χ4n) is 9.23. The van der Waals surface area contributed by atoms with Crippen LogP contribution in [0.15, 0.2) is 12.2 Å². The number of ether oxygens (including phenoxy) is 1. The smallest absolute Gasteiger partial charge is 0.305 e. The van der Waals surface area contributed by atoms with E-state index in [1.54, 1.807) is 0 Å². The first-order valence-electron chi connectivity index (χ1n) is 29.0. The van der Waals surface area contributed by atoms with Gasteiger partial charge in [0.15, 0.2) is 0 Å². The van der Waals surface area contributed by atoms with Gasteiger partial charge in [0, 0.05) is 6.42 Å². The van der Waals surface area contributed by atoms with Crippen molar-refractivity contribution in [1.82, 2.24) is 0 Å². The summed E-state index contributed by atoms with van der Waals surface area (Å²) in [6, 6.07) is 0. The minimum absolute atomic E-state index is 0.0314. The van der Waals surface area contributed by atoms with Crippen LogP contribution in [0.25, 0.3) is 0 Å². The Morgan fingerprint density at radius 1 is 0.344 bits per heavy atom. The summed E-state index contributed by atoms with van der Waals surface area (Å²) >= 11 is 0. The molecule has 0 aromatic rings. The van der Waals surface area contributed by atoms with Crippen molar-refractivity contribution in [2.45, 2.75) is 348 Å². The largest absolute Gasteiger partial charge is 0.466 e. The SMILES string of the molecule is CCCCCCCCC=CCCCCCCCCCCCCCC(=O)OCCCCCCCCCCCCCCCCCCCCCCCCCCCCCCCC(C)CC. The molecule has 0 amide bonds. The Morgan fingerprint density at radius 3 is 0.918 bits per heavy atom. The summed E-state index contributed by atoms with van der Waals surface area (Å²) in [5.41, 5.74) is 0. The zero-order valence-electron chi connectivity index (χ0n) is 42.8. The lowest BCUT2D eigenvalue weighted by molar-refractivity contribution is -0.143. The molecule has 0 aliphatic carbocycles. The number of unbranched alkanes of at least 4 members (excludes halogenated alkanes) is 45. The van der Waals surface area contributed by atoms with E-state index in [4.69, 9.17) is 4.74 Å². The standard InChI is InChI=1S/C59H116O2/c1-4-6-7-8-9-10-11-12-13-14-15-25-29-32-35-38-41-44-47-50-53-56-59(60)61-57-54-51-48-45-42-39-36-33-30-27-24-22-20-18-16-17-19-21-23-26-28-31-34-37-40-43-46-49-52-55-58(3)5-2/h12-13,58H,4-11,14-57H2,1-3H3. The molecule has 1 atom stereocenters. The molecular formula is C59H116O2. The van der Waals surface area contributed by atoms with Crippen LogP contribution in [-0.4, -0.2) is 12.6 Å². The van der Waals surface area contributed by atoms with Gasteiger partial charge in [-0.15, -0.1) is 0 Å². The molecule has 0 spiro atoms. The molecule has 0 saturated heterocycles. The Bertz CT molecular complexity index is 818. The molecule has 0 rings (SSSR count). The van der Waals surface area contributed by atoms with Crippen LogP contribution in [0.5, 0.6) is 0 Å². The van der Waals surface area contributed by atoms with Gasteiger partial charge >= 0.3 is 5.97 Å². The third kappa shape index (κ3) is 55.3. The van der Waals surface area contributed by atoms with Gasteiger partial charge in [0.1, 0.15) is 0 Å². The lowest BCUT2D eigenvalue weighted by Crippen LogP contribution is -2.05. The average Bonchev–Trinajstić information content (AvgIpc) is 3.27. The molecule has 2 nitrogen and oxygen atoms in total. The van der Waals surface area contributed by atoms with Crippen LogP contribution in [0.2, 0.25) is 0 Å². The quantitative estimate of drug-likeness (QED) is 0.0346. The molecular weight excluding hydrogens is 741 g/mol. The van der Waals surface area contributed by atoms with Gasteiger partial charge in [0.05, 0.1) is 6.61 Å². The van der Waals surface area contributed by atoms with Gasteiger partial charge in [-0.1, -0.05) is 315 Å². The maximum Gasteiger partial charge on any atom is 0.305 e. The first kappa shape index (κ1) is 60.2. The monoisotopic (exact) mass is 857 g/mol. The zero-order valence-corrected chi connectivity index (χ0v) is 42.8. The number of allylic oxidation sites excluding steroid dienone is 2. The lowest BCUT2D eigenvalue weighted by atomic mass is 9.99. The number of esters is 1. The maximum atomic E-state index is 12.1. The van der Waals surface area contributed by atoms with Gasteiger partial charge in [-0.3, -0.25) is 4.79 Å². The molecule has 0 aromatic heterocycles. The number of carbonyl (C=O) groups is 1. The molecule has 0 aliphatic heterocycles. The third-order valence-electron chi connectivity index (χ3n) is 13.9. The molecule has 2 heteroatoms. The van der Waals surface area contributed by atoms with Crippen molar-refractivity contribution < 1.29 is 9.53 Å². The molecule has 0 aliphatic rings. The minimum atomic E-state index is 0.0314. The lowest BCUT2D eigenvalue weighted by Gasteiger charge is -2.07. The Hall–Kier alpha value is -0.790. The van der Waals surface area contributed by atoms with Gasteiger partial charge in [-0.25, -0.2) is 0 Å². The first-order chi connectivity index (χ1) is 30.2. The predicted octanol–water partition coefficient (Wildman–Crippen LogP) is 21.7. The van der Waals surface area contributed by atoms with Crippen molar-refractivity contribution in [3.05, 3.63) is 12.2 Å². The summed E-state index contributed by atoms with van der Waals surface area (Å²) in [4.78, 5) is 12.1. The fraction of sp³-hybridized carbons (Fsp3) is 0.949. The first-order valence-corrected chi connectivity index (χ1v) is 29.0. The van der Waals surface area contributed by atoms with Gasteiger partial charge in [0.25, 0.3) is 0 Å². The highest BCUT2D eigenvalue weighted by Crippen LogP contribution is 2.19. The number of hydrogen-bond donors (Lipinski definition) is 0. The van der Waals surface area contributed by atoms with E-state index in [1.165, 1.54) is 308 Å². The molecule has 0 saturated carbocycles. The number of hydrogen-bond acceptors (Lipinski definition) is 2. The van der Waals surface area contributed by atoms with Crippen LogP contribution in [-0.2, 0) is 9.53 Å².